The van der Waals surface area contributed by atoms with Crippen LogP contribution < -0.4 is 83.1 Å². The van der Waals surface area contributed by atoms with Crippen LogP contribution in [-0.4, -0.2) is 289 Å². The summed E-state index contributed by atoms with van der Waals surface area (Å²) in [5.41, 5.74) is 1.76. The van der Waals surface area contributed by atoms with Crippen molar-refractivity contribution < 1.29 is 165 Å². The van der Waals surface area contributed by atoms with Gasteiger partial charge in [-0.2, -0.15) is 8.78 Å². The third-order valence-corrected chi connectivity index (χ3v) is 34.9. The average molecular weight is 2300 g/mol. The van der Waals surface area contributed by atoms with Gasteiger partial charge in [0, 0.05) is 28.2 Å². The number of benzene rings is 1. The Kier molecular flexibility index (Phi) is 39.0. The molecule has 0 aliphatic carbocycles. The van der Waals surface area contributed by atoms with Crippen molar-refractivity contribution in [2.45, 2.75) is 136 Å². The number of thiophene rings is 4. The molecule has 143 heavy (non-hydrogen) atoms. The molecule has 61 heteroatoms. The molecule has 14 heterocycles. The fourth-order valence-electron chi connectivity index (χ4n) is 13.4. The summed E-state index contributed by atoms with van der Waals surface area (Å²) in [7, 11) is -10.0. The molecule has 0 radical (unpaired) electrons. The van der Waals surface area contributed by atoms with Gasteiger partial charge in [0.25, 0.3) is 17.7 Å². The number of aromatic amines is 4. The van der Waals surface area contributed by atoms with E-state index in [1.165, 1.54) is 157 Å². The Hall–Kier alpha value is -6.96. The molecular weight excluding hydrogens is 2210 g/mol. The maximum atomic E-state index is 13.9. The molecule has 41 nitrogen and oxygen atoms in total. The van der Waals surface area contributed by atoms with E-state index in [0.29, 0.717) is 69.6 Å². The molecule has 0 fully saturated rings. The SMILES string of the molecule is C.CN1C(N)=N[C@](C)(c2sc(-c3ccc(-c4nnco4)[nH]3)cc2Cl)CS1(=O)=O.CN1C(NC(=O)OC(C)(C)C)=N[C@](C)(c2sc(-c3ccc(-c4nnco4)[nH]3)cc2Cl)CS1(=O)=O.CN1C(NC(=O)OC(C)(C)C)=N[C@](C)(c2sc(-c3ccc(C(=O)NCC=O)[nH]3)cc2Cl)CS1(=O)=O.CN1C(NC(=O)OC(C)(C)C)=N[C@](C)(c2sc(-c3ccc(C(=O)Oc4c(F)c(F)c(F)c(F)c4F)[nH]3)cc2Cl)CS1(=O)=O.[H-].[K+].[K][K]. The van der Waals surface area contributed by atoms with Gasteiger partial charge in [0.2, 0.25) is 112 Å². The minimum atomic E-state index is -4.01. The second-order valence-corrected chi connectivity index (χ2v) is 48.4. The number of aldehydes is 1. The number of halogens is 9. The number of nitrogens with two attached hydrogens (primary N) is 1. The summed E-state index contributed by atoms with van der Waals surface area (Å²) in [5.74, 6) is -16.8. The Morgan fingerprint density at radius 1 is 0.476 bits per heavy atom. The normalized spacial score (nSPS) is 19.3. The maximum absolute atomic E-state index is 13.9. The van der Waals surface area contributed by atoms with E-state index in [2.05, 4.69) is 86.3 Å². The van der Waals surface area contributed by atoms with Crippen molar-refractivity contribution in [3.8, 4) is 71.2 Å². The number of alkyl carbamates (subject to hydrolysis) is 3. The average Bonchev–Trinajstić information content (AvgIpc) is 1.71. The summed E-state index contributed by atoms with van der Waals surface area (Å²) in [4.78, 5) is 106. The number of hydrogen-bond acceptors (Lipinski definition) is 33. The number of guanidine groups is 4. The van der Waals surface area contributed by atoms with Crippen LogP contribution in [0.25, 0.3) is 65.5 Å². The monoisotopic (exact) mass is 2300 g/mol. The Morgan fingerprint density at radius 2 is 0.755 bits per heavy atom. The van der Waals surface area contributed by atoms with Crippen molar-refractivity contribution in [2.75, 3.05) is 57.7 Å². The van der Waals surface area contributed by atoms with Crippen molar-refractivity contribution in [1.82, 2.24) is 78.8 Å². The van der Waals surface area contributed by atoms with Gasteiger partial charge in [-0.25, -0.2) is 103 Å². The number of amides is 4. The van der Waals surface area contributed by atoms with Gasteiger partial charge in [0.15, 0.2) is 0 Å². The van der Waals surface area contributed by atoms with Gasteiger partial charge in [-0.3, -0.25) is 20.7 Å². The van der Waals surface area contributed by atoms with Crippen molar-refractivity contribution in [3.63, 3.8) is 0 Å². The summed E-state index contributed by atoms with van der Waals surface area (Å²) in [6, 6.07) is 19.6. The summed E-state index contributed by atoms with van der Waals surface area (Å²) in [6.45, 7) is 21.4. The molecule has 758 valence electrons. The van der Waals surface area contributed by atoms with Crippen molar-refractivity contribution >= 4 is 255 Å². The van der Waals surface area contributed by atoms with Crippen LogP contribution in [0.3, 0.4) is 0 Å². The third kappa shape index (κ3) is 28.4. The number of rotatable bonds is 15. The van der Waals surface area contributed by atoms with Crippen LogP contribution in [0.2, 0.25) is 20.1 Å². The number of esters is 1. The first-order valence-corrected chi connectivity index (χ1v) is 68.5. The van der Waals surface area contributed by atoms with Crippen molar-refractivity contribution in [1.29, 1.82) is 0 Å². The quantitative estimate of drug-likeness (QED) is 0.00673. The van der Waals surface area contributed by atoms with Crippen molar-refractivity contribution in [3.05, 3.63) is 166 Å². The summed E-state index contributed by atoms with van der Waals surface area (Å²) < 4.78 is 205. The van der Waals surface area contributed by atoms with E-state index in [1.54, 1.807) is 119 Å². The van der Waals surface area contributed by atoms with Crippen LogP contribution >= 0.6 is 91.8 Å². The van der Waals surface area contributed by atoms with Gasteiger partial charge in [-0.1, -0.05) is 53.8 Å². The number of sulfonamides is 4. The number of aromatic nitrogens is 8. The van der Waals surface area contributed by atoms with E-state index in [4.69, 9.17) is 75.2 Å². The molecule has 4 aliphatic heterocycles. The zero-order valence-corrected chi connectivity index (χ0v) is 97.9. The van der Waals surface area contributed by atoms with E-state index in [1.807, 2.05) is 18.2 Å². The van der Waals surface area contributed by atoms with E-state index >= 15 is 0 Å². The standard InChI is InChI=1S/C25H22ClF5N4O6S2.C21H26ClN5O6S2.C20H23ClN6O5S2.C15H15ClN6O3S2.CH4.3K.H/c1-24(2,3)41-23(37)33-22-34-25(4,9-43(38,39)35(22)5)20-10(26)8-13(42-20)11-6-7-12(32-11)21(36)40-19-17(30)15(28)14(27)16(29)18(19)31;1-20(2,3)33-19(30)25-18-26-21(4,11-35(31,32)27(18)5)16-12(22)10-15(34-16)13-6-7-14(24-13)17(29)23-8-9-28;1-19(2,3)32-18(28)24-17-25-20(4,9-34(29,30)27(17)5)15-11(21)8-14(33-15)12-6-7-13(23-12)16-26-22-10-31-16;1-15(6-27(23,24)22(2)14(17)20-15)12-8(16)5-11(26-12)9-3-4-10(19-9)13-21-18-7-25-13;;;;;/h6-8,32H,9H2,1-5H3,(H,33,34,37);6-7,9-10,24H,8,11H2,1-5H3,(H,23,29)(H,25,26,30);6-8,10,23H,9H2,1-5H3,(H,24,25,28);3-5,7,19H,6H2,1-2H3,(H2,17,20);1H4;;;;/q;;;;;;;+1;-1/t25-;21-;20-;15-;;;;;/m0000...../s1. The van der Waals surface area contributed by atoms with Crippen LogP contribution in [0.4, 0.5) is 36.3 Å². The van der Waals surface area contributed by atoms with Gasteiger partial charge in [-0.05, 0) is 163 Å². The molecule has 0 bridgehead atoms. The molecule has 0 saturated heterocycles. The Balaban J connectivity index is 0.000000234. The van der Waals surface area contributed by atoms with Gasteiger partial charge in [0.1, 0.15) is 68.0 Å². The summed E-state index contributed by atoms with van der Waals surface area (Å²) in [6.07, 6.45) is 0.475. The molecule has 10 aromatic heterocycles. The molecule has 0 unspecified atom stereocenters. The van der Waals surface area contributed by atoms with Gasteiger partial charge in [-0.15, -0.1) is 65.7 Å². The van der Waals surface area contributed by atoms with E-state index < -0.39 is 155 Å². The Morgan fingerprint density at radius 3 is 1.06 bits per heavy atom. The molecule has 15 rings (SSSR count). The summed E-state index contributed by atoms with van der Waals surface area (Å²) in [5, 5.41) is 25.9. The van der Waals surface area contributed by atoms with Crippen LogP contribution in [0.1, 0.15) is 139 Å². The van der Waals surface area contributed by atoms with Crippen LogP contribution in [-0.2, 0) is 81.3 Å². The predicted molar refractivity (Wildman–Crippen MR) is 530 cm³/mol. The molecule has 4 amide bonds. The van der Waals surface area contributed by atoms with Gasteiger partial charge < -0.3 is 65.0 Å². The number of nitrogens with zero attached hydrogens (tertiary/aromatic N) is 12. The second-order valence-electron chi connectivity index (χ2n) is 34.6. The fraction of sp³-hybridized carbons (Fsp3) is 0.366. The number of nitrogens with one attached hydrogen (secondary N) is 8. The van der Waals surface area contributed by atoms with Crippen molar-refractivity contribution in [2.24, 2.45) is 25.7 Å². The Bertz CT molecular complexity index is 7260. The molecule has 0 spiro atoms. The molecule has 4 atom stereocenters. The fourth-order valence-corrected chi connectivity index (χ4v) is 26.1. The number of hydrogen-bond donors (Lipinski definition) is 9. The molecule has 1 aromatic carbocycles. The molecule has 10 N–H and O–H groups in total. The predicted octanol–water partition coefficient (Wildman–Crippen LogP) is 11.4. The van der Waals surface area contributed by atoms with Crippen LogP contribution in [0, 0.1) is 29.1 Å². The number of carbonyl (C=O) groups excluding carboxylic acids is 6. The first-order valence-electron chi connectivity index (χ1n) is 41.3. The van der Waals surface area contributed by atoms with E-state index in [0.717, 1.165) is 55.8 Å². The first-order chi connectivity index (χ1) is 65.4. The second kappa shape index (κ2) is 46.7. The minimum absolute atomic E-state index is 0. The zero-order valence-electron chi connectivity index (χ0n) is 80.0. The molecule has 0 saturated carbocycles. The topological polar surface area (TPSA) is 553 Å². The Labute approximate surface area is 942 Å². The number of ether oxygens (including phenoxy) is 4. The number of H-pyrrole nitrogens is 4. The van der Waals surface area contributed by atoms with Gasteiger partial charge in [0.05, 0.1) is 111 Å². The van der Waals surface area contributed by atoms with E-state index in [9.17, 15) is 84.4 Å². The zero-order chi connectivity index (χ0) is 105. The molecule has 4 aliphatic rings. The molecular formula is C82H91Cl4F5K3N21O20S8. The van der Waals surface area contributed by atoms with E-state index in [-0.39, 0.29) is 134 Å². The number of carbonyl (C=O) groups is 6. The van der Waals surface area contributed by atoms with Crippen LogP contribution in [0.15, 0.2) is 114 Å². The summed E-state index contributed by atoms with van der Waals surface area (Å²) >= 11 is 33.3. The molecule has 11 aromatic rings. The number of aliphatic imine (C=N–C) groups is 4. The van der Waals surface area contributed by atoms with Gasteiger partial charge >= 0.3 is 139 Å². The first kappa shape index (κ1) is 120. The van der Waals surface area contributed by atoms with Crippen LogP contribution in [0.5, 0.6) is 5.75 Å². The third-order valence-electron chi connectivity index (χ3n) is 19.9.